The molecule has 130 valence electrons. The highest BCUT2D eigenvalue weighted by Crippen LogP contribution is 2.20. The molecule has 3 rings (SSSR count). The normalized spacial score (nSPS) is 16.2. The number of hydrogen-bond donors (Lipinski definition) is 1. The number of anilines is 2. The summed E-state index contributed by atoms with van der Waals surface area (Å²) in [6, 6.07) is 1.98. The summed E-state index contributed by atoms with van der Waals surface area (Å²) in [6.07, 6.45) is 2.63. The maximum Gasteiger partial charge on any atom is 0.227 e. The molecule has 2 aromatic heterocycles. The molecular formula is C16H25N7O. The van der Waals surface area contributed by atoms with Crippen LogP contribution in [0, 0.1) is 6.92 Å². The van der Waals surface area contributed by atoms with Gasteiger partial charge < -0.3 is 15.0 Å². The molecule has 1 saturated heterocycles. The Hall–Kier alpha value is -2.22. The highest BCUT2D eigenvalue weighted by atomic mass is 16.5. The Kier molecular flexibility index (Phi) is 5.24. The summed E-state index contributed by atoms with van der Waals surface area (Å²) in [5.41, 5.74) is 0.941. The Bertz CT molecular complexity index is 666. The number of nitrogens with zero attached hydrogens (tertiary/aromatic N) is 6. The molecule has 0 saturated carbocycles. The standard InChI is InChI=1S/C16H25N7O/c1-4-5-23-15(17-11-18-23)13(3)20-14-10-12(2)19-16(21-14)22-6-8-24-9-7-22/h10-11,13H,4-9H2,1-3H3,(H,19,20,21)/t13-/m1/s1. The second-order valence-electron chi connectivity index (χ2n) is 6.00. The van der Waals surface area contributed by atoms with Crippen LogP contribution in [0.2, 0.25) is 0 Å². The third-order valence-electron chi connectivity index (χ3n) is 3.97. The molecule has 1 N–H and O–H groups in total. The molecule has 3 heterocycles. The lowest BCUT2D eigenvalue weighted by atomic mass is 10.3. The van der Waals surface area contributed by atoms with Crippen LogP contribution in [0.4, 0.5) is 11.8 Å². The molecule has 0 aromatic carbocycles. The van der Waals surface area contributed by atoms with Gasteiger partial charge in [0, 0.05) is 31.4 Å². The van der Waals surface area contributed by atoms with Crippen LogP contribution >= 0.6 is 0 Å². The predicted octanol–water partition coefficient (Wildman–Crippen LogP) is 1.80. The molecule has 0 aliphatic carbocycles. The fourth-order valence-corrected chi connectivity index (χ4v) is 2.81. The van der Waals surface area contributed by atoms with Gasteiger partial charge in [0.25, 0.3) is 0 Å². The minimum Gasteiger partial charge on any atom is -0.378 e. The van der Waals surface area contributed by atoms with E-state index in [0.717, 1.165) is 62.6 Å². The summed E-state index contributed by atoms with van der Waals surface area (Å²) >= 11 is 0. The minimum atomic E-state index is 0.0193. The third-order valence-corrected chi connectivity index (χ3v) is 3.97. The second kappa shape index (κ2) is 7.57. The summed E-state index contributed by atoms with van der Waals surface area (Å²) in [5.74, 6) is 2.48. The number of ether oxygens (including phenoxy) is 1. The zero-order chi connectivity index (χ0) is 16.9. The predicted molar refractivity (Wildman–Crippen MR) is 92.2 cm³/mol. The number of nitrogens with one attached hydrogen (secondary N) is 1. The van der Waals surface area contributed by atoms with Crippen molar-refractivity contribution in [2.75, 3.05) is 36.5 Å². The summed E-state index contributed by atoms with van der Waals surface area (Å²) in [4.78, 5) is 15.8. The van der Waals surface area contributed by atoms with Crippen LogP contribution in [0.1, 0.15) is 37.8 Å². The van der Waals surface area contributed by atoms with Gasteiger partial charge in [-0.05, 0) is 20.3 Å². The summed E-state index contributed by atoms with van der Waals surface area (Å²) < 4.78 is 7.34. The molecular weight excluding hydrogens is 306 g/mol. The summed E-state index contributed by atoms with van der Waals surface area (Å²) in [6.45, 7) is 10.1. The molecule has 8 nitrogen and oxygen atoms in total. The second-order valence-corrected chi connectivity index (χ2v) is 6.00. The van der Waals surface area contributed by atoms with Crippen LogP contribution in [0.3, 0.4) is 0 Å². The Balaban J connectivity index is 1.76. The number of aryl methyl sites for hydroxylation is 2. The summed E-state index contributed by atoms with van der Waals surface area (Å²) in [7, 11) is 0. The average Bonchev–Trinajstić information content (AvgIpc) is 3.04. The first-order valence-corrected chi connectivity index (χ1v) is 8.50. The van der Waals surface area contributed by atoms with Gasteiger partial charge in [0.15, 0.2) is 0 Å². The first-order valence-electron chi connectivity index (χ1n) is 8.50. The van der Waals surface area contributed by atoms with Crippen molar-refractivity contribution in [3.8, 4) is 0 Å². The average molecular weight is 331 g/mol. The first-order chi connectivity index (χ1) is 11.7. The van der Waals surface area contributed by atoms with E-state index in [-0.39, 0.29) is 6.04 Å². The lowest BCUT2D eigenvalue weighted by Gasteiger charge is -2.27. The molecule has 1 fully saturated rings. The third kappa shape index (κ3) is 3.81. The Morgan fingerprint density at radius 3 is 2.83 bits per heavy atom. The van der Waals surface area contributed by atoms with Crippen molar-refractivity contribution in [2.24, 2.45) is 0 Å². The fraction of sp³-hybridized carbons (Fsp3) is 0.625. The van der Waals surface area contributed by atoms with Crippen molar-refractivity contribution in [1.29, 1.82) is 0 Å². The van der Waals surface area contributed by atoms with Crippen molar-refractivity contribution in [1.82, 2.24) is 24.7 Å². The van der Waals surface area contributed by atoms with E-state index < -0.39 is 0 Å². The monoisotopic (exact) mass is 331 g/mol. The van der Waals surface area contributed by atoms with E-state index in [4.69, 9.17) is 4.74 Å². The molecule has 0 spiro atoms. The number of aromatic nitrogens is 5. The van der Waals surface area contributed by atoms with Crippen LogP contribution in [0.5, 0.6) is 0 Å². The largest absolute Gasteiger partial charge is 0.378 e. The molecule has 0 unspecified atom stereocenters. The lowest BCUT2D eigenvalue weighted by Crippen LogP contribution is -2.37. The lowest BCUT2D eigenvalue weighted by molar-refractivity contribution is 0.122. The molecule has 2 aromatic rings. The minimum absolute atomic E-state index is 0.0193. The van der Waals surface area contributed by atoms with E-state index in [9.17, 15) is 0 Å². The van der Waals surface area contributed by atoms with Crippen LogP contribution in [0.15, 0.2) is 12.4 Å². The Morgan fingerprint density at radius 2 is 2.08 bits per heavy atom. The van der Waals surface area contributed by atoms with E-state index in [1.165, 1.54) is 0 Å². The van der Waals surface area contributed by atoms with Crippen LogP contribution in [-0.2, 0) is 11.3 Å². The highest BCUT2D eigenvalue weighted by molar-refractivity contribution is 5.44. The SMILES string of the molecule is CCCn1ncnc1[C@@H](C)Nc1cc(C)nc(N2CCOCC2)n1. The van der Waals surface area contributed by atoms with Gasteiger partial charge >= 0.3 is 0 Å². The maximum absolute atomic E-state index is 5.40. The molecule has 1 atom stereocenters. The van der Waals surface area contributed by atoms with Gasteiger partial charge in [-0.15, -0.1) is 0 Å². The van der Waals surface area contributed by atoms with E-state index in [0.29, 0.717) is 0 Å². The molecule has 1 aliphatic heterocycles. The highest BCUT2D eigenvalue weighted by Gasteiger charge is 2.17. The van der Waals surface area contributed by atoms with Crippen molar-refractivity contribution in [2.45, 2.75) is 39.8 Å². The molecule has 1 aliphatic rings. The van der Waals surface area contributed by atoms with Crippen molar-refractivity contribution >= 4 is 11.8 Å². The fourth-order valence-electron chi connectivity index (χ4n) is 2.81. The number of hydrogen-bond acceptors (Lipinski definition) is 7. The van der Waals surface area contributed by atoms with Gasteiger partial charge in [0.1, 0.15) is 18.0 Å². The first kappa shape index (κ1) is 16.6. The van der Waals surface area contributed by atoms with Crippen LogP contribution < -0.4 is 10.2 Å². The molecule has 0 radical (unpaired) electrons. The number of morpholine rings is 1. The molecule has 24 heavy (non-hydrogen) atoms. The maximum atomic E-state index is 5.40. The van der Waals surface area contributed by atoms with Gasteiger partial charge in [0.2, 0.25) is 5.95 Å². The van der Waals surface area contributed by atoms with E-state index in [1.54, 1.807) is 6.33 Å². The van der Waals surface area contributed by atoms with Crippen molar-refractivity contribution < 1.29 is 4.74 Å². The summed E-state index contributed by atoms with van der Waals surface area (Å²) in [5, 5.41) is 7.72. The molecule has 0 bridgehead atoms. The van der Waals surface area contributed by atoms with Crippen LogP contribution in [-0.4, -0.2) is 51.0 Å². The van der Waals surface area contributed by atoms with Crippen LogP contribution in [0.25, 0.3) is 0 Å². The van der Waals surface area contributed by atoms with Gasteiger partial charge in [0.05, 0.1) is 19.3 Å². The van der Waals surface area contributed by atoms with Gasteiger partial charge in [-0.1, -0.05) is 6.92 Å². The van der Waals surface area contributed by atoms with Gasteiger partial charge in [-0.25, -0.2) is 14.6 Å². The Morgan fingerprint density at radius 1 is 1.29 bits per heavy atom. The Labute approximate surface area is 142 Å². The van der Waals surface area contributed by atoms with Gasteiger partial charge in [-0.3, -0.25) is 0 Å². The van der Waals surface area contributed by atoms with Crippen molar-refractivity contribution in [3.05, 3.63) is 23.9 Å². The zero-order valence-corrected chi connectivity index (χ0v) is 14.6. The van der Waals surface area contributed by atoms with E-state index >= 15 is 0 Å². The smallest absolute Gasteiger partial charge is 0.227 e. The topological polar surface area (TPSA) is 81.0 Å². The number of rotatable bonds is 6. The van der Waals surface area contributed by atoms with E-state index in [2.05, 4.69) is 44.1 Å². The molecule has 8 heteroatoms. The van der Waals surface area contributed by atoms with Gasteiger partial charge in [-0.2, -0.15) is 10.1 Å². The zero-order valence-electron chi connectivity index (χ0n) is 14.6. The van der Waals surface area contributed by atoms with E-state index in [1.807, 2.05) is 17.7 Å². The van der Waals surface area contributed by atoms with Crippen molar-refractivity contribution in [3.63, 3.8) is 0 Å². The quantitative estimate of drug-likeness (QED) is 0.864. The molecule has 0 amide bonds.